The lowest BCUT2D eigenvalue weighted by atomic mass is 9.78. The highest BCUT2D eigenvalue weighted by Gasteiger charge is 2.23. The Labute approximate surface area is 169 Å². The molecule has 0 radical (unpaired) electrons. The van der Waals surface area contributed by atoms with Crippen LogP contribution in [0.2, 0.25) is 0 Å². The minimum atomic E-state index is -0.113. The van der Waals surface area contributed by atoms with E-state index in [9.17, 15) is 0 Å². The number of hydrogen-bond donors (Lipinski definition) is 0. The van der Waals surface area contributed by atoms with Gasteiger partial charge in [-0.2, -0.15) is 6.92 Å². The van der Waals surface area contributed by atoms with Crippen molar-refractivity contribution in [1.29, 1.82) is 0 Å². The third-order valence-corrected chi connectivity index (χ3v) is 4.59. The largest absolute Gasteiger partial charge is 0.550 e. The van der Waals surface area contributed by atoms with Gasteiger partial charge in [0.2, 0.25) is 0 Å². The molecule has 0 aliphatic carbocycles. The third kappa shape index (κ3) is 6.84. The molecule has 0 spiro atoms. The molecular formula is C24H33O4-. The van der Waals surface area contributed by atoms with E-state index < -0.39 is 0 Å². The maximum absolute atomic E-state index is 5.75. The van der Waals surface area contributed by atoms with Crippen LogP contribution in [-0.4, -0.2) is 32.5 Å². The van der Waals surface area contributed by atoms with E-state index in [0.717, 1.165) is 11.5 Å². The van der Waals surface area contributed by atoms with Crippen molar-refractivity contribution in [2.24, 2.45) is 0 Å². The van der Waals surface area contributed by atoms with Gasteiger partial charge in [0.05, 0.1) is 12.7 Å². The molecule has 0 atom stereocenters. The zero-order valence-electron chi connectivity index (χ0n) is 17.7. The lowest BCUT2D eigenvalue weighted by Gasteiger charge is -2.26. The summed E-state index contributed by atoms with van der Waals surface area (Å²) in [6.45, 7) is 14.3. The van der Waals surface area contributed by atoms with Crippen molar-refractivity contribution in [3.63, 3.8) is 0 Å². The van der Waals surface area contributed by atoms with E-state index in [1.165, 1.54) is 11.1 Å². The summed E-state index contributed by atoms with van der Waals surface area (Å²) in [6, 6.07) is 16.6. The van der Waals surface area contributed by atoms with E-state index in [1.54, 1.807) is 6.61 Å². The summed E-state index contributed by atoms with van der Waals surface area (Å²) in [5.74, 6) is 1.72. The van der Waals surface area contributed by atoms with E-state index in [1.807, 2.05) is 45.0 Å². The average molecular weight is 386 g/mol. The predicted molar refractivity (Wildman–Crippen MR) is 113 cm³/mol. The van der Waals surface area contributed by atoms with Crippen molar-refractivity contribution in [3.8, 4) is 11.5 Å². The Kier molecular flexibility index (Phi) is 8.81. The highest BCUT2D eigenvalue weighted by atomic mass is 16.5. The van der Waals surface area contributed by atoms with Gasteiger partial charge in [0.15, 0.2) is 0 Å². The molecule has 0 saturated carbocycles. The average Bonchev–Trinajstić information content (AvgIpc) is 2.69. The van der Waals surface area contributed by atoms with Gasteiger partial charge in [-0.15, -0.1) is 0 Å². The van der Waals surface area contributed by atoms with E-state index in [-0.39, 0.29) is 11.5 Å². The SMILES string of the molecule is C[CH-]OCCOc1ccc(C(C)(C)c2ccc(OCCOC(C)C)cc2)cc1. The van der Waals surface area contributed by atoms with Crippen molar-refractivity contribution in [2.45, 2.75) is 46.1 Å². The molecule has 0 aliphatic rings. The third-order valence-electron chi connectivity index (χ3n) is 4.59. The first-order chi connectivity index (χ1) is 13.4. The first-order valence-electron chi connectivity index (χ1n) is 9.91. The van der Waals surface area contributed by atoms with Crippen molar-refractivity contribution in [2.75, 3.05) is 26.4 Å². The monoisotopic (exact) mass is 385 g/mol. The number of benzene rings is 2. The Bertz CT molecular complexity index is 675. The van der Waals surface area contributed by atoms with Crippen LogP contribution in [0, 0.1) is 6.61 Å². The van der Waals surface area contributed by atoms with Crippen molar-refractivity contribution in [1.82, 2.24) is 0 Å². The fourth-order valence-electron chi connectivity index (χ4n) is 2.87. The van der Waals surface area contributed by atoms with Crippen LogP contribution in [0.4, 0.5) is 0 Å². The fourth-order valence-corrected chi connectivity index (χ4v) is 2.87. The quantitative estimate of drug-likeness (QED) is 0.362. The van der Waals surface area contributed by atoms with E-state index in [0.29, 0.717) is 26.4 Å². The van der Waals surface area contributed by atoms with Crippen LogP contribution in [0.3, 0.4) is 0 Å². The van der Waals surface area contributed by atoms with Gasteiger partial charge in [-0.1, -0.05) is 38.1 Å². The van der Waals surface area contributed by atoms with Gasteiger partial charge in [-0.3, -0.25) is 0 Å². The minimum absolute atomic E-state index is 0.113. The molecule has 0 aliphatic heterocycles. The van der Waals surface area contributed by atoms with Gasteiger partial charge < -0.3 is 18.9 Å². The Hall–Kier alpha value is -2.04. The molecule has 2 aromatic carbocycles. The summed E-state index contributed by atoms with van der Waals surface area (Å²) < 4.78 is 22.1. The zero-order valence-corrected chi connectivity index (χ0v) is 17.7. The van der Waals surface area contributed by atoms with Crippen molar-refractivity contribution >= 4 is 0 Å². The van der Waals surface area contributed by atoms with Gasteiger partial charge in [-0.25, -0.2) is 6.61 Å². The number of ether oxygens (including phenoxy) is 4. The molecule has 4 nitrogen and oxygen atoms in total. The van der Waals surface area contributed by atoms with Crippen LogP contribution in [0.25, 0.3) is 0 Å². The molecule has 2 aromatic rings. The molecule has 0 unspecified atom stereocenters. The molecule has 0 saturated heterocycles. The van der Waals surface area contributed by atoms with Gasteiger partial charge >= 0.3 is 0 Å². The molecule has 0 amide bonds. The molecule has 0 N–H and O–H groups in total. The summed E-state index contributed by atoms with van der Waals surface area (Å²) >= 11 is 0. The minimum Gasteiger partial charge on any atom is -0.550 e. The lowest BCUT2D eigenvalue weighted by molar-refractivity contribution is 0.0552. The highest BCUT2D eigenvalue weighted by Crippen LogP contribution is 2.33. The summed E-state index contributed by atoms with van der Waals surface area (Å²) in [5, 5.41) is 0. The Morgan fingerprint density at radius 1 is 0.750 bits per heavy atom. The van der Waals surface area contributed by atoms with Gasteiger partial charge in [0.1, 0.15) is 24.7 Å². The molecule has 0 fully saturated rings. The van der Waals surface area contributed by atoms with Crippen LogP contribution in [0.1, 0.15) is 45.7 Å². The normalized spacial score (nSPS) is 11.6. The van der Waals surface area contributed by atoms with E-state index in [4.69, 9.17) is 18.9 Å². The summed E-state index contributed by atoms with van der Waals surface area (Å²) in [4.78, 5) is 0. The van der Waals surface area contributed by atoms with Gasteiger partial charge in [0, 0.05) is 12.0 Å². The topological polar surface area (TPSA) is 36.9 Å². The number of hydrogen-bond acceptors (Lipinski definition) is 4. The van der Waals surface area contributed by atoms with Crippen LogP contribution in [0.15, 0.2) is 48.5 Å². The second kappa shape index (κ2) is 11.1. The zero-order chi connectivity index (χ0) is 20.4. The Balaban J connectivity index is 1.93. The molecule has 0 bridgehead atoms. The highest BCUT2D eigenvalue weighted by molar-refractivity contribution is 5.41. The number of rotatable bonds is 12. The lowest BCUT2D eigenvalue weighted by Crippen LogP contribution is -2.18. The van der Waals surface area contributed by atoms with Crippen LogP contribution >= 0.6 is 0 Å². The summed E-state index contributed by atoms with van der Waals surface area (Å²) in [7, 11) is 0. The van der Waals surface area contributed by atoms with E-state index in [2.05, 4.69) is 38.1 Å². The van der Waals surface area contributed by atoms with Crippen LogP contribution < -0.4 is 9.47 Å². The first kappa shape index (κ1) is 22.3. The van der Waals surface area contributed by atoms with E-state index >= 15 is 0 Å². The predicted octanol–water partition coefficient (Wildman–Crippen LogP) is 5.39. The maximum atomic E-state index is 5.75. The van der Waals surface area contributed by atoms with Crippen molar-refractivity contribution in [3.05, 3.63) is 66.3 Å². The molecule has 154 valence electrons. The van der Waals surface area contributed by atoms with Crippen molar-refractivity contribution < 1.29 is 18.9 Å². The molecule has 28 heavy (non-hydrogen) atoms. The molecule has 0 aromatic heterocycles. The molecule has 4 heteroatoms. The molecule has 2 rings (SSSR count). The summed E-state index contributed by atoms with van der Waals surface area (Å²) in [5.41, 5.74) is 2.36. The van der Waals surface area contributed by atoms with Crippen LogP contribution in [0.5, 0.6) is 11.5 Å². The summed E-state index contributed by atoms with van der Waals surface area (Å²) in [6.07, 6.45) is 0.228. The smallest absolute Gasteiger partial charge is 0.119 e. The fraction of sp³-hybridized carbons (Fsp3) is 0.458. The van der Waals surface area contributed by atoms with Crippen LogP contribution in [-0.2, 0) is 14.9 Å². The van der Waals surface area contributed by atoms with Gasteiger partial charge in [0.25, 0.3) is 0 Å². The Morgan fingerprint density at radius 3 is 1.64 bits per heavy atom. The molecular weight excluding hydrogens is 352 g/mol. The molecule has 0 heterocycles. The standard InChI is InChI=1S/C24H33O4/c1-6-25-15-16-27-22-11-7-20(8-12-22)24(4,5)21-9-13-23(14-10-21)28-18-17-26-19(2)3/h6-14,19H,15-18H2,1-5H3/q-1. The van der Waals surface area contributed by atoms with Gasteiger partial charge in [-0.05, 0) is 49.2 Å². The first-order valence-corrected chi connectivity index (χ1v) is 9.91. The Morgan fingerprint density at radius 2 is 1.21 bits per heavy atom. The second-order valence-electron chi connectivity index (χ2n) is 7.40. The maximum Gasteiger partial charge on any atom is 0.119 e. The second-order valence-corrected chi connectivity index (χ2v) is 7.40.